The topological polar surface area (TPSA) is 58.6 Å². The third-order valence-corrected chi connectivity index (χ3v) is 4.05. The summed E-state index contributed by atoms with van der Waals surface area (Å²) in [7, 11) is 0. The second-order valence-corrected chi connectivity index (χ2v) is 5.99. The van der Waals surface area contributed by atoms with Gasteiger partial charge in [0.05, 0.1) is 19.3 Å². The first-order valence-electron chi connectivity index (χ1n) is 7.34. The molecule has 1 N–H and O–H groups in total. The first kappa shape index (κ1) is 14.1. The zero-order valence-corrected chi connectivity index (χ0v) is 12.4. The van der Waals surface area contributed by atoms with Crippen molar-refractivity contribution in [1.29, 1.82) is 0 Å². The predicted molar refractivity (Wildman–Crippen MR) is 79.4 cm³/mol. The van der Waals surface area contributed by atoms with Crippen molar-refractivity contribution in [2.24, 2.45) is 5.92 Å². The van der Waals surface area contributed by atoms with Crippen molar-refractivity contribution in [3.63, 3.8) is 0 Å². The molecule has 21 heavy (non-hydrogen) atoms. The maximum absolute atomic E-state index is 12.2. The molecule has 2 aliphatic heterocycles. The van der Waals surface area contributed by atoms with Crippen LogP contribution in [0.25, 0.3) is 0 Å². The second kappa shape index (κ2) is 5.48. The Labute approximate surface area is 124 Å². The van der Waals surface area contributed by atoms with Crippen LogP contribution in [-0.2, 0) is 16.0 Å². The fourth-order valence-electron chi connectivity index (χ4n) is 2.89. The smallest absolute Gasteiger partial charge is 0.251 e. The van der Waals surface area contributed by atoms with Gasteiger partial charge in [0.2, 0.25) is 5.91 Å². The molecule has 0 spiro atoms. The summed E-state index contributed by atoms with van der Waals surface area (Å²) in [4.78, 5) is 25.7. The molecule has 0 aromatic heterocycles. The lowest BCUT2D eigenvalue weighted by molar-refractivity contribution is -0.116. The molecule has 0 aliphatic carbocycles. The number of carbonyl (C=O) groups excluding carboxylic acids is 2. The Balaban J connectivity index is 1.84. The van der Waals surface area contributed by atoms with Crippen LogP contribution in [-0.4, -0.2) is 37.6 Å². The lowest BCUT2D eigenvalue weighted by Crippen LogP contribution is -2.48. The number of hydrogen-bond donors (Lipinski definition) is 1. The van der Waals surface area contributed by atoms with Crippen LogP contribution in [0.1, 0.15) is 29.8 Å². The van der Waals surface area contributed by atoms with Gasteiger partial charge in [0.1, 0.15) is 0 Å². The van der Waals surface area contributed by atoms with Crippen molar-refractivity contribution in [1.82, 2.24) is 5.32 Å². The maximum atomic E-state index is 12.2. The predicted octanol–water partition coefficient (Wildman–Crippen LogP) is 1.36. The van der Waals surface area contributed by atoms with E-state index in [-0.39, 0.29) is 17.9 Å². The highest BCUT2D eigenvalue weighted by molar-refractivity contribution is 5.97. The van der Waals surface area contributed by atoms with Gasteiger partial charge in [0.25, 0.3) is 5.91 Å². The number of rotatable bonds is 2. The molecule has 1 atom stereocenters. The number of carbonyl (C=O) groups is 2. The quantitative estimate of drug-likeness (QED) is 0.894. The Hall–Kier alpha value is -1.88. The largest absolute Gasteiger partial charge is 0.377 e. The summed E-state index contributed by atoms with van der Waals surface area (Å²) in [5.74, 6) is 0.380. The number of hydrogen-bond acceptors (Lipinski definition) is 3. The van der Waals surface area contributed by atoms with Crippen LogP contribution in [0.5, 0.6) is 0 Å². The van der Waals surface area contributed by atoms with Gasteiger partial charge in [-0.15, -0.1) is 0 Å². The molecule has 2 aliphatic rings. The van der Waals surface area contributed by atoms with Gasteiger partial charge in [0, 0.05) is 24.7 Å². The van der Waals surface area contributed by atoms with E-state index in [0.717, 1.165) is 24.2 Å². The molecule has 0 saturated carbocycles. The van der Waals surface area contributed by atoms with Gasteiger partial charge >= 0.3 is 0 Å². The molecular weight excluding hydrogens is 268 g/mol. The summed E-state index contributed by atoms with van der Waals surface area (Å²) in [5, 5.41) is 2.94. The van der Waals surface area contributed by atoms with Gasteiger partial charge in [-0.3, -0.25) is 9.59 Å². The molecule has 1 fully saturated rings. The monoisotopic (exact) mass is 288 g/mol. The van der Waals surface area contributed by atoms with Gasteiger partial charge in [-0.2, -0.15) is 0 Å². The number of anilines is 1. The van der Waals surface area contributed by atoms with E-state index in [1.165, 1.54) is 0 Å². The Morgan fingerprint density at radius 2 is 2.10 bits per heavy atom. The van der Waals surface area contributed by atoms with Gasteiger partial charge in [-0.05, 0) is 36.1 Å². The summed E-state index contributed by atoms with van der Waals surface area (Å²) >= 11 is 0. The maximum Gasteiger partial charge on any atom is 0.251 e. The van der Waals surface area contributed by atoms with Crippen molar-refractivity contribution in [3.8, 4) is 0 Å². The first-order chi connectivity index (χ1) is 10.0. The van der Waals surface area contributed by atoms with Crippen LogP contribution in [0, 0.1) is 5.92 Å². The van der Waals surface area contributed by atoms with E-state index in [9.17, 15) is 9.59 Å². The van der Waals surface area contributed by atoms with Crippen molar-refractivity contribution in [3.05, 3.63) is 29.3 Å². The first-order valence-corrected chi connectivity index (χ1v) is 7.34. The van der Waals surface area contributed by atoms with Crippen molar-refractivity contribution in [2.75, 3.05) is 24.7 Å². The number of nitrogens with zero attached hydrogens (tertiary/aromatic N) is 1. The van der Waals surface area contributed by atoms with E-state index in [1.807, 2.05) is 12.1 Å². The molecule has 5 nitrogen and oxygen atoms in total. The summed E-state index contributed by atoms with van der Waals surface area (Å²) in [6.45, 7) is 5.63. The third-order valence-electron chi connectivity index (χ3n) is 4.05. The summed E-state index contributed by atoms with van der Waals surface area (Å²) in [6, 6.07) is 5.71. The van der Waals surface area contributed by atoms with Gasteiger partial charge in [-0.25, -0.2) is 0 Å². The number of ether oxygens (including phenoxy) is 1. The number of nitrogens with one attached hydrogen (secondary N) is 1. The third kappa shape index (κ3) is 2.78. The molecule has 2 amide bonds. The van der Waals surface area contributed by atoms with Crippen molar-refractivity contribution in [2.45, 2.75) is 26.3 Å². The Kier molecular flexibility index (Phi) is 3.68. The van der Waals surface area contributed by atoms with Crippen LogP contribution >= 0.6 is 0 Å². The fraction of sp³-hybridized carbons (Fsp3) is 0.500. The second-order valence-electron chi connectivity index (χ2n) is 5.99. The van der Waals surface area contributed by atoms with Crippen molar-refractivity contribution >= 4 is 17.5 Å². The average Bonchev–Trinajstić information content (AvgIpc) is 2.40. The van der Waals surface area contributed by atoms with Crippen LogP contribution in [0.4, 0.5) is 5.69 Å². The van der Waals surface area contributed by atoms with Crippen molar-refractivity contribution < 1.29 is 14.3 Å². The highest BCUT2D eigenvalue weighted by Crippen LogP contribution is 2.30. The molecule has 3 rings (SSSR count). The van der Waals surface area contributed by atoms with E-state index in [1.54, 1.807) is 17.9 Å². The highest BCUT2D eigenvalue weighted by atomic mass is 16.5. The summed E-state index contributed by atoms with van der Waals surface area (Å²) in [6.07, 6.45) is 0.896. The molecule has 0 bridgehead atoms. The normalized spacial score (nSPS) is 21.4. The minimum Gasteiger partial charge on any atom is -0.377 e. The van der Waals surface area contributed by atoms with Crippen LogP contribution in [0.2, 0.25) is 0 Å². The van der Waals surface area contributed by atoms with Crippen LogP contribution in [0.15, 0.2) is 18.2 Å². The molecule has 1 saturated heterocycles. The molecule has 112 valence electrons. The van der Waals surface area contributed by atoms with E-state index in [2.05, 4.69) is 12.2 Å². The van der Waals surface area contributed by atoms with Gasteiger partial charge in [0.15, 0.2) is 0 Å². The van der Waals surface area contributed by atoms with Crippen LogP contribution < -0.4 is 10.2 Å². The van der Waals surface area contributed by atoms with E-state index in [0.29, 0.717) is 24.7 Å². The Morgan fingerprint density at radius 3 is 2.71 bits per heavy atom. The SMILES string of the molecule is CC(=O)N1CC(C)Cc2cc(C(=O)NC3COC3)ccc21. The number of amides is 2. The zero-order chi connectivity index (χ0) is 15.0. The summed E-state index contributed by atoms with van der Waals surface area (Å²) in [5.41, 5.74) is 2.66. The average molecular weight is 288 g/mol. The minimum absolute atomic E-state index is 0.0478. The Morgan fingerprint density at radius 1 is 1.33 bits per heavy atom. The Bertz CT molecular complexity index is 581. The standard InChI is InChI=1S/C16H20N2O3/c1-10-5-13-6-12(16(20)17-14-8-21-9-14)3-4-15(13)18(7-10)11(2)19/h3-4,6,10,14H,5,7-9H2,1-2H3,(H,17,20). The minimum atomic E-state index is -0.0706. The van der Waals surface area contributed by atoms with Gasteiger partial charge in [-0.1, -0.05) is 6.92 Å². The molecule has 1 unspecified atom stereocenters. The molecule has 1 aromatic rings. The fourth-order valence-corrected chi connectivity index (χ4v) is 2.89. The van der Waals surface area contributed by atoms with E-state index >= 15 is 0 Å². The highest BCUT2D eigenvalue weighted by Gasteiger charge is 2.26. The molecule has 0 radical (unpaired) electrons. The molecule has 5 heteroatoms. The zero-order valence-electron chi connectivity index (χ0n) is 12.4. The molecule has 2 heterocycles. The lowest BCUT2D eigenvalue weighted by Gasteiger charge is -2.33. The number of benzene rings is 1. The van der Waals surface area contributed by atoms with Gasteiger partial charge < -0.3 is 15.0 Å². The van der Waals surface area contributed by atoms with E-state index in [4.69, 9.17) is 4.74 Å². The molecular formula is C16H20N2O3. The summed E-state index contributed by atoms with van der Waals surface area (Å²) < 4.78 is 5.06. The lowest BCUT2D eigenvalue weighted by atomic mass is 9.92. The van der Waals surface area contributed by atoms with E-state index < -0.39 is 0 Å². The number of fused-ring (bicyclic) bond motifs is 1. The van der Waals surface area contributed by atoms with Crippen LogP contribution in [0.3, 0.4) is 0 Å². The molecule has 1 aromatic carbocycles.